The van der Waals surface area contributed by atoms with Gasteiger partial charge in [0.1, 0.15) is 0 Å². The minimum Gasteiger partial charge on any atom is -0.326 e. The summed E-state index contributed by atoms with van der Waals surface area (Å²) in [4.78, 5) is 15.2. The summed E-state index contributed by atoms with van der Waals surface area (Å²) in [5.41, 5.74) is 8.18. The summed E-state index contributed by atoms with van der Waals surface area (Å²) in [6, 6.07) is 11.9. The van der Waals surface area contributed by atoms with E-state index in [0.717, 1.165) is 22.5 Å². The van der Waals surface area contributed by atoms with Crippen LogP contribution in [0.5, 0.6) is 0 Å². The Balaban J connectivity index is 1.84. The first-order valence-electron chi connectivity index (χ1n) is 6.60. The third kappa shape index (κ3) is 2.66. The molecular formula is C16H16N2OS. The van der Waals surface area contributed by atoms with E-state index in [4.69, 9.17) is 5.73 Å². The average molecular weight is 284 g/mol. The highest BCUT2D eigenvalue weighted by Gasteiger charge is 2.24. The second-order valence-corrected chi connectivity index (χ2v) is 5.87. The van der Waals surface area contributed by atoms with Crippen molar-refractivity contribution >= 4 is 29.0 Å². The number of benzene rings is 1. The smallest absolute Gasteiger partial charge is 0.251 e. The van der Waals surface area contributed by atoms with Crippen LogP contribution in [0.1, 0.15) is 10.4 Å². The number of carbonyl (C=O) groups is 1. The number of para-hydroxylation sites is 1. The Kier molecular flexibility index (Phi) is 3.67. The Hall–Kier alpha value is -1.91. The number of nitrogens with zero attached hydrogens (tertiary/aromatic N) is 1. The minimum absolute atomic E-state index is 0.00369. The Labute approximate surface area is 122 Å². The van der Waals surface area contributed by atoms with Gasteiger partial charge in [-0.25, -0.2) is 0 Å². The van der Waals surface area contributed by atoms with Crippen LogP contribution in [-0.2, 0) is 11.2 Å². The molecule has 1 aromatic carbocycles. The third-order valence-electron chi connectivity index (χ3n) is 3.38. The third-order valence-corrected chi connectivity index (χ3v) is 4.22. The summed E-state index contributed by atoms with van der Waals surface area (Å²) in [5.74, 6) is -0.0130. The maximum Gasteiger partial charge on any atom is 0.251 e. The molecule has 0 aliphatic carbocycles. The fourth-order valence-corrected chi connectivity index (χ4v) is 3.08. The predicted octanol–water partition coefficient (Wildman–Crippen LogP) is 2.68. The largest absolute Gasteiger partial charge is 0.326 e. The highest BCUT2D eigenvalue weighted by Crippen LogP contribution is 2.26. The zero-order valence-electron chi connectivity index (χ0n) is 11.0. The summed E-state index contributed by atoms with van der Waals surface area (Å²) >= 11 is 1.62. The molecule has 0 bridgehead atoms. The Bertz CT molecular complexity index is 634. The Morgan fingerprint density at radius 3 is 2.95 bits per heavy atom. The van der Waals surface area contributed by atoms with Crippen LogP contribution in [0.4, 0.5) is 5.69 Å². The number of fused-ring (bicyclic) bond motifs is 1. The fourth-order valence-electron chi connectivity index (χ4n) is 2.46. The Morgan fingerprint density at radius 2 is 2.15 bits per heavy atom. The molecule has 1 aliphatic rings. The number of thiophene rings is 1. The molecule has 0 radical (unpaired) electrons. The van der Waals surface area contributed by atoms with Crippen molar-refractivity contribution in [2.75, 3.05) is 11.4 Å². The SMILES string of the molecule is NC1Cc2ccccc2N(C(=O)C=Cc2cccs2)C1. The molecule has 3 nitrogen and oxygen atoms in total. The van der Waals surface area contributed by atoms with Gasteiger partial charge in [-0.3, -0.25) is 4.79 Å². The molecular weight excluding hydrogens is 268 g/mol. The molecule has 2 aromatic rings. The van der Waals surface area contributed by atoms with Gasteiger partial charge in [-0.05, 0) is 35.6 Å². The molecule has 1 atom stereocenters. The van der Waals surface area contributed by atoms with Gasteiger partial charge in [-0.1, -0.05) is 24.3 Å². The fraction of sp³-hybridized carbons (Fsp3) is 0.188. The van der Waals surface area contributed by atoms with Gasteiger partial charge < -0.3 is 10.6 Å². The van der Waals surface area contributed by atoms with Gasteiger partial charge in [0.2, 0.25) is 0 Å². The van der Waals surface area contributed by atoms with E-state index in [-0.39, 0.29) is 11.9 Å². The quantitative estimate of drug-likeness (QED) is 0.862. The second kappa shape index (κ2) is 5.61. The molecule has 2 heterocycles. The van der Waals surface area contributed by atoms with E-state index in [1.165, 1.54) is 0 Å². The molecule has 3 rings (SSSR count). The maximum absolute atomic E-state index is 12.4. The number of hydrogen-bond acceptors (Lipinski definition) is 3. The zero-order chi connectivity index (χ0) is 13.9. The van der Waals surface area contributed by atoms with Gasteiger partial charge in [0.15, 0.2) is 0 Å². The van der Waals surface area contributed by atoms with E-state index in [9.17, 15) is 4.79 Å². The number of hydrogen-bond donors (Lipinski definition) is 1. The van der Waals surface area contributed by atoms with Crippen LogP contribution in [-0.4, -0.2) is 18.5 Å². The van der Waals surface area contributed by atoms with E-state index in [1.807, 2.05) is 47.9 Å². The van der Waals surface area contributed by atoms with E-state index >= 15 is 0 Å². The standard InChI is InChI=1S/C16H16N2OS/c17-13-10-12-4-1-2-6-15(12)18(11-13)16(19)8-7-14-5-3-9-20-14/h1-9,13H,10-11,17H2. The van der Waals surface area contributed by atoms with Gasteiger partial charge in [0, 0.05) is 29.2 Å². The van der Waals surface area contributed by atoms with E-state index in [0.29, 0.717) is 6.54 Å². The van der Waals surface area contributed by atoms with Crippen molar-refractivity contribution in [1.82, 2.24) is 0 Å². The van der Waals surface area contributed by atoms with Crippen LogP contribution in [0.2, 0.25) is 0 Å². The molecule has 0 saturated carbocycles. The van der Waals surface area contributed by atoms with Crippen LogP contribution < -0.4 is 10.6 Å². The predicted molar refractivity (Wildman–Crippen MR) is 83.8 cm³/mol. The molecule has 1 amide bonds. The first kappa shape index (κ1) is 13.1. The summed E-state index contributed by atoms with van der Waals surface area (Å²) in [6.07, 6.45) is 4.31. The average Bonchev–Trinajstić information content (AvgIpc) is 2.97. The lowest BCUT2D eigenvalue weighted by atomic mass is 9.98. The van der Waals surface area contributed by atoms with Crippen molar-refractivity contribution < 1.29 is 4.79 Å². The molecule has 0 spiro atoms. The van der Waals surface area contributed by atoms with Crippen molar-refractivity contribution in [2.45, 2.75) is 12.5 Å². The number of carbonyl (C=O) groups excluding carboxylic acids is 1. The van der Waals surface area contributed by atoms with Crippen LogP contribution in [0.25, 0.3) is 6.08 Å². The van der Waals surface area contributed by atoms with Crippen molar-refractivity contribution in [1.29, 1.82) is 0 Å². The summed E-state index contributed by atoms with van der Waals surface area (Å²) in [5, 5.41) is 2.00. The lowest BCUT2D eigenvalue weighted by molar-refractivity contribution is -0.114. The number of rotatable bonds is 2. The van der Waals surface area contributed by atoms with Crippen molar-refractivity contribution in [3.05, 3.63) is 58.3 Å². The molecule has 2 N–H and O–H groups in total. The summed E-state index contributed by atoms with van der Waals surface area (Å²) < 4.78 is 0. The number of nitrogens with two attached hydrogens (primary N) is 1. The lowest BCUT2D eigenvalue weighted by Crippen LogP contribution is -2.45. The van der Waals surface area contributed by atoms with Gasteiger partial charge in [-0.15, -0.1) is 11.3 Å². The molecule has 1 aromatic heterocycles. The molecule has 102 valence electrons. The minimum atomic E-state index is -0.0130. The highest BCUT2D eigenvalue weighted by molar-refractivity contribution is 7.10. The van der Waals surface area contributed by atoms with Gasteiger partial charge in [0.25, 0.3) is 5.91 Å². The summed E-state index contributed by atoms with van der Waals surface area (Å²) in [7, 11) is 0. The van der Waals surface area contributed by atoms with E-state index in [2.05, 4.69) is 0 Å². The van der Waals surface area contributed by atoms with Crippen LogP contribution in [0.15, 0.2) is 47.9 Å². The highest BCUT2D eigenvalue weighted by atomic mass is 32.1. The number of amides is 1. The van der Waals surface area contributed by atoms with E-state index in [1.54, 1.807) is 22.3 Å². The first-order chi connectivity index (χ1) is 9.74. The molecule has 1 unspecified atom stereocenters. The molecule has 0 saturated heterocycles. The maximum atomic E-state index is 12.4. The van der Waals surface area contributed by atoms with Gasteiger partial charge in [0.05, 0.1) is 0 Å². The van der Waals surface area contributed by atoms with Gasteiger partial charge >= 0.3 is 0 Å². The summed E-state index contributed by atoms with van der Waals surface area (Å²) in [6.45, 7) is 0.574. The molecule has 1 aliphatic heterocycles. The van der Waals surface area contributed by atoms with Crippen LogP contribution in [0.3, 0.4) is 0 Å². The normalized spacial score (nSPS) is 18.2. The van der Waals surface area contributed by atoms with Crippen molar-refractivity contribution in [3.63, 3.8) is 0 Å². The van der Waals surface area contributed by atoms with Crippen molar-refractivity contribution in [3.8, 4) is 0 Å². The molecule has 20 heavy (non-hydrogen) atoms. The Morgan fingerprint density at radius 1 is 1.30 bits per heavy atom. The zero-order valence-corrected chi connectivity index (χ0v) is 11.8. The van der Waals surface area contributed by atoms with Crippen molar-refractivity contribution in [2.24, 2.45) is 5.73 Å². The lowest BCUT2D eigenvalue weighted by Gasteiger charge is -2.32. The van der Waals surface area contributed by atoms with Crippen LogP contribution >= 0.6 is 11.3 Å². The first-order valence-corrected chi connectivity index (χ1v) is 7.48. The number of anilines is 1. The van der Waals surface area contributed by atoms with Gasteiger partial charge in [-0.2, -0.15) is 0 Å². The molecule has 0 fully saturated rings. The monoisotopic (exact) mass is 284 g/mol. The molecule has 4 heteroatoms. The second-order valence-electron chi connectivity index (χ2n) is 4.89. The van der Waals surface area contributed by atoms with Crippen LogP contribution in [0, 0.1) is 0 Å². The van der Waals surface area contributed by atoms with E-state index < -0.39 is 0 Å². The topological polar surface area (TPSA) is 46.3 Å².